The van der Waals surface area contributed by atoms with E-state index >= 15 is 0 Å². The fourth-order valence-corrected chi connectivity index (χ4v) is 0. The fourth-order valence-electron chi connectivity index (χ4n) is 0. The molecule has 0 fully saturated rings. The van der Waals surface area contributed by atoms with Crippen LogP contribution in [0.4, 0.5) is 0 Å². The summed E-state index contributed by atoms with van der Waals surface area (Å²) < 4.78 is 0. The Bertz CT molecular complexity index is 25.2. The number of rotatable bonds is 1. The van der Waals surface area contributed by atoms with E-state index in [1.54, 1.807) is 0 Å². The minimum absolute atomic E-state index is 0. The normalized spacial score (nSPS) is 9.43. The summed E-state index contributed by atoms with van der Waals surface area (Å²) in [7, 11) is 0. The molecule has 0 aromatic heterocycles. The van der Waals surface area contributed by atoms with Crippen LogP contribution in [0.1, 0.15) is 27.7 Å². The molecule has 0 spiro atoms. The fraction of sp³-hybridized carbons (Fsp3) is 0.833. The minimum atomic E-state index is 0. The van der Waals surface area contributed by atoms with Gasteiger partial charge in [-0.2, -0.15) is 19.8 Å². The number of hydrogen-bond acceptors (Lipinski definition) is 0. The van der Waals surface area contributed by atoms with Gasteiger partial charge in [0, 0.05) is 0 Å². The first-order valence-corrected chi connectivity index (χ1v) is 2.44. The van der Waals surface area contributed by atoms with E-state index in [-0.39, 0.29) is 21.1 Å². The van der Waals surface area contributed by atoms with Crippen molar-refractivity contribution in [2.75, 3.05) is 0 Å². The molecule has 0 bridgehead atoms. The van der Waals surface area contributed by atoms with Gasteiger partial charge in [0.25, 0.3) is 0 Å². The first-order valence-electron chi connectivity index (χ1n) is 2.44. The molecule has 0 nitrogen and oxygen atoms in total. The van der Waals surface area contributed by atoms with Crippen LogP contribution in [0.5, 0.6) is 0 Å². The molecule has 0 saturated carbocycles. The van der Waals surface area contributed by atoms with Crippen LogP contribution in [0.3, 0.4) is 0 Å². The molecule has 0 N–H and O–H groups in total. The maximum atomic E-state index is 2.20. The smallest absolute Gasteiger partial charge is 0.317 e. The van der Waals surface area contributed by atoms with Crippen molar-refractivity contribution in [2.24, 2.45) is 5.92 Å². The molecule has 0 aliphatic carbocycles. The Kier molecular flexibility index (Phi) is 7.35. The quantitative estimate of drug-likeness (QED) is 0.640. The maximum Gasteiger partial charge on any atom is 2.00 e. The van der Waals surface area contributed by atoms with Crippen LogP contribution in [-0.2, 0) is 21.1 Å². The summed E-state index contributed by atoms with van der Waals surface area (Å²) in [5, 5.41) is 0. The summed E-state index contributed by atoms with van der Waals surface area (Å²) in [5.74, 6) is 2.28. The van der Waals surface area contributed by atoms with Crippen LogP contribution in [0.25, 0.3) is 0 Å². The SMILES string of the molecule is C[C-](C)C(C)C.[W+2]. The zero-order chi connectivity index (χ0) is 5.15. The van der Waals surface area contributed by atoms with Gasteiger partial charge in [0.1, 0.15) is 0 Å². The van der Waals surface area contributed by atoms with Gasteiger partial charge in [-0.15, -0.1) is 0 Å². The van der Waals surface area contributed by atoms with Crippen LogP contribution in [0.15, 0.2) is 0 Å². The van der Waals surface area contributed by atoms with Gasteiger partial charge in [-0.25, -0.2) is 0 Å². The van der Waals surface area contributed by atoms with E-state index in [4.69, 9.17) is 0 Å². The number of hydrogen-bond donors (Lipinski definition) is 0. The van der Waals surface area contributed by atoms with Gasteiger partial charge < -0.3 is 5.92 Å². The van der Waals surface area contributed by atoms with Crippen molar-refractivity contribution in [1.29, 1.82) is 0 Å². The molecular formula is C6H13W+. The molecule has 1 heteroatoms. The van der Waals surface area contributed by atoms with Crippen molar-refractivity contribution in [1.82, 2.24) is 0 Å². The second kappa shape index (κ2) is 4.84. The summed E-state index contributed by atoms with van der Waals surface area (Å²) >= 11 is 0. The van der Waals surface area contributed by atoms with Crippen molar-refractivity contribution in [3.05, 3.63) is 5.92 Å². The van der Waals surface area contributed by atoms with Crippen molar-refractivity contribution in [3.8, 4) is 0 Å². The summed E-state index contributed by atoms with van der Waals surface area (Å²) in [6, 6.07) is 0. The molecule has 0 atom stereocenters. The molecule has 0 aromatic rings. The molecular weight excluding hydrogens is 256 g/mol. The Morgan fingerprint density at radius 3 is 1.29 bits per heavy atom. The average molecular weight is 269 g/mol. The molecule has 42 valence electrons. The van der Waals surface area contributed by atoms with Crippen LogP contribution >= 0.6 is 0 Å². The second-order valence-corrected chi connectivity index (χ2v) is 2.23. The van der Waals surface area contributed by atoms with Crippen molar-refractivity contribution in [2.45, 2.75) is 27.7 Å². The van der Waals surface area contributed by atoms with Gasteiger partial charge in [0.15, 0.2) is 0 Å². The van der Waals surface area contributed by atoms with E-state index in [9.17, 15) is 0 Å². The van der Waals surface area contributed by atoms with Crippen LogP contribution < -0.4 is 0 Å². The summed E-state index contributed by atoms with van der Waals surface area (Å²) in [5.41, 5.74) is 0. The Morgan fingerprint density at radius 1 is 1.14 bits per heavy atom. The summed E-state index contributed by atoms with van der Waals surface area (Å²) in [6.07, 6.45) is 0. The van der Waals surface area contributed by atoms with Gasteiger partial charge in [0.2, 0.25) is 0 Å². The average Bonchev–Trinajstić information content (AvgIpc) is 1.36. The van der Waals surface area contributed by atoms with Crippen molar-refractivity contribution in [3.63, 3.8) is 0 Å². The van der Waals surface area contributed by atoms with E-state index in [0.717, 1.165) is 5.92 Å². The van der Waals surface area contributed by atoms with Crippen LogP contribution in [-0.4, -0.2) is 0 Å². The van der Waals surface area contributed by atoms with Gasteiger partial charge in [-0.05, 0) is 0 Å². The first kappa shape index (κ1) is 10.6. The molecule has 0 rings (SSSR count). The molecule has 0 unspecified atom stereocenters. The first-order chi connectivity index (χ1) is 2.64. The van der Waals surface area contributed by atoms with Crippen LogP contribution in [0, 0.1) is 11.8 Å². The minimum Gasteiger partial charge on any atom is -0.317 e. The third-order valence-corrected chi connectivity index (χ3v) is 1.15. The van der Waals surface area contributed by atoms with Crippen molar-refractivity contribution >= 4 is 0 Å². The van der Waals surface area contributed by atoms with Crippen molar-refractivity contribution < 1.29 is 21.1 Å². The molecule has 0 amide bonds. The predicted molar refractivity (Wildman–Crippen MR) is 29.4 cm³/mol. The molecule has 0 aliphatic rings. The Morgan fingerprint density at radius 2 is 1.29 bits per heavy atom. The predicted octanol–water partition coefficient (Wildman–Crippen LogP) is 2.25. The summed E-state index contributed by atoms with van der Waals surface area (Å²) in [4.78, 5) is 0. The standard InChI is InChI=1S/C6H13.W/c1-5(2)6(3)4;/h5H,1-4H3;/q-1;+2. The summed E-state index contributed by atoms with van der Waals surface area (Å²) in [6.45, 7) is 8.72. The molecule has 0 aliphatic heterocycles. The molecule has 7 heavy (non-hydrogen) atoms. The molecule has 0 saturated heterocycles. The van der Waals surface area contributed by atoms with E-state index in [1.807, 2.05) is 0 Å². The third kappa shape index (κ3) is 6.69. The van der Waals surface area contributed by atoms with Gasteiger partial charge >= 0.3 is 21.1 Å². The zero-order valence-corrected chi connectivity index (χ0v) is 8.42. The molecule has 0 heterocycles. The van der Waals surface area contributed by atoms with Gasteiger partial charge in [0.05, 0.1) is 0 Å². The Balaban J connectivity index is 0. The Hall–Kier alpha value is 0.688. The van der Waals surface area contributed by atoms with Gasteiger partial charge in [-0.1, -0.05) is 13.8 Å². The van der Waals surface area contributed by atoms with Gasteiger partial charge in [-0.3, -0.25) is 0 Å². The molecule has 0 aromatic carbocycles. The van der Waals surface area contributed by atoms with E-state index < -0.39 is 0 Å². The largest absolute Gasteiger partial charge is 2.00 e. The maximum absolute atomic E-state index is 2.20. The third-order valence-electron chi connectivity index (χ3n) is 1.15. The van der Waals surface area contributed by atoms with E-state index in [2.05, 4.69) is 27.7 Å². The zero-order valence-electron chi connectivity index (χ0n) is 5.49. The van der Waals surface area contributed by atoms with Crippen LogP contribution in [0.2, 0.25) is 0 Å². The van der Waals surface area contributed by atoms with E-state index in [1.165, 1.54) is 5.92 Å². The second-order valence-electron chi connectivity index (χ2n) is 2.23. The monoisotopic (exact) mass is 269 g/mol. The topological polar surface area (TPSA) is 0 Å². The van der Waals surface area contributed by atoms with E-state index in [0.29, 0.717) is 0 Å². The Labute approximate surface area is 61.0 Å². The molecule has 0 radical (unpaired) electrons.